The smallest absolute Gasteiger partial charge is 0.260 e. The van der Waals surface area contributed by atoms with Crippen LogP contribution in [0.25, 0.3) is 0 Å². The molecule has 1 aliphatic rings. The van der Waals surface area contributed by atoms with Crippen molar-refractivity contribution in [1.29, 1.82) is 0 Å². The van der Waals surface area contributed by atoms with Crippen molar-refractivity contribution in [2.75, 3.05) is 11.9 Å². The van der Waals surface area contributed by atoms with Gasteiger partial charge < -0.3 is 21.0 Å². The van der Waals surface area contributed by atoms with Crippen LogP contribution in [0, 0.1) is 0 Å². The van der Waals surface area contributed by atoms with Gasteiger partial charge in [0.2, 0.25) is 0 Å². The molecule has 1 atom stereocenters. The molecule has 2 aromatic rings. The van der Waals surface area contributed by atoms with Crippen LogP contribution in [0.2, 0.25) is 0 Å². The molecule has 2 heterocycles. The number of rotatable bonds is 8. The SMILES string of the molecule is CC(C)Oc1cc2c(cc1C(=O)Nc1cccc(/C(=N/N)N(N)C(C)CO)n1)SN(C(C)C)C2. The molecule has 3 rings (SSSR count). The summed E-state index contributed by atoms with van der Waals surface area (Å²) in [6.07, 6.45) is -0.0892. The number of hydrazine groups is 1. The maximum absolute atomic E-state index is 13.3. The van der Waals surface area contributed by atoms with E-state index in [0.29, 0.717) is 28.9 Å². The molecule has 0 saturated heterocycles. The number of aromatic nitrogens is 1. The van der Waals surface area contributed by atoms with E-state index < -0.39 is 6.04 Å². The number of hydrogen-bond acceptors (Lipinski definition) is 9. The van der Waals surface area contributed by atoms with Crippen LogP contribution in [0.4, 0.5) is 5.82 Å². The number of benzene rings is 1. The predicted octanol–water partition coefficient (Wildman–Crippen LogP) is 2.53. The van der Waals surface area contributed by atoms with Gasteiger partial charge in [0.15, 0.2) is 5.84 Å². The summed E-state index contributed by atoms with van der Waals surface area (Å²) >= 11 is 1.64. The highest BCUT2D eigenvalue weighted by Gasteiger charge is 2.27. The Morgan fingerprint density at radius 2 is 2.06 bits per heavy atom. The maximum Gasteiger partial charge on any atom is 0.260 e. The number of nitrogens with two attached hydrogens (primary N) is 2. The van der Waals surface area contributed by atoms with Crippen molar-refractivity contribution in [3.8, 4) is 5.75 Å². The lowest BCUT2D eigenvalue weighted by Crippen LogP contribution is -2.47. The number of amidine groups is 1. The van der Waals surface area contributed by atoms with Crippen molar-refractivity contribution in [2.45, 2.75) is 64.2 Å². The molecule has 1 unspecified atom stereocenters. The molecule has 0 spiro atoms. The molecule has 11 heteroatoms. The molecule has 1 aromatic carbocycles. The van der Waals surface area contributed by atoms with Crippen LogP contribution in [0.5, 0.6) is 5.75 Å². The second-order valence-corrected chi connectivity index (χ2v) is 9.73. The molecule has 0 saturated carbocycles. The standard InChI is InChI=1S/C23H33N7O3S/c1-13(2)29-11-16-9-19(33-14(3)4)17(10-20(16)34-29)23(32)27-21-8-6-7-18(26-21)22(28-24)30(25)15(5)12-31/h6-10,13-15,31H,11-12,24-25H2,1-5H3,(H,26,27,32)/b28-22-. The van der Waals surface area contributed by atoms with E-state index >= 15 is 0 Å². The van der Waals surface area contributed by atoms with E-state index in [0.717, 1.165) is 17.0 Å². The summed E-state index contributed by atoms with van der Waals surface area (Å²) < 4.78 is 8.24. The summed E-state index contributed by atoms with van der Waals surface area (Å²) in [5.74, 6) is 12.2. The summed E-state index contributed by atoms with van der Waals surface area (Å²) in [7, 11) is 0. The number of ether oxygens (including phenoxy) is 1. The number of nitrogens with zero attached hydrogens (tertiary/aromatic N) is 4. The average Bonchev–Trinajstić information content (AvgIpc) is 3.21. The Bertz CT molecular complexity index is 1060. The summed E-state index contributed by atoms with van der Waals surface area (Å²) in [5.41, 5.74) is 1.93. The van der Waals surface area contributed by atoms with Gasteiger partial charge in [0.05, 0.1) is 24.3 Å². The van der Waals surface area contributed by atoms with Crippen molar-refractivity contribution >= 4 is 29.5 Å². The van der Waals surface area contributed by atoms with Gasteiger partial charge in [-0.15, -0.1) is 0 Å². The molecule has 1 aromatic heterocycles. The second-order valence-electron chi connectivity index (χ2n) is 8.64. The highest BCUT2D eigenvalue weighted by Crippen LogP contribution is 2.41. The van der Waals surface area contributed by atoms with Gasteiger partial charge in [-0.3, -0.25) is 9.80 Å². The molecule has 0 fully saturated rings. The number of amides is 1. The zero-order valence-corrected chi connectivity index (χ0v) is 21.0. The molecule has 34 heavy (non-hydrogen) atoms. The van der Waals surface area contributed by atoms with Crippen molar-refractivity contribution in [2.24, 2.45) is 16.8 Å². The summed E-state index contributed by atoms with van der Waals surface area (Å²) in [6, 6.07) is 8.81. The Hall–Kier alpha value is -2.86. The first-order valence-corrected chi connectivity index (χ1v) is 11.9. The monoisotopic (exact) mass is 487 g/mol. The van der Waals surface area contributed by atoms with E-state index in [2.05, 4.69) is 33.6 Å². The highest BCUT2D eigenvalue weighted by atomic mass is 32.2. The van der Waals surface area contributed by atoms with Crippen LogP contribution in [0.15, 0.2) is 40.3 Å². The first-order chi connectivity index (χ1) is 16.1. The van der Waals surface area contributed by atoms with Crippen LogP contribution >= 0.6 is 11.9 Å². The van der Waals surface area contributed by atoms with Crippen molar-refractivity contribution < 1.29 is 14.6 Å². The van der Waals surface area contributed by atoms with Crippen molar-refractivity contribution in [1.82, 2.24) is 14.3 Å². The van der Waals surface area contributed by atoms with E-state index in [1.54, 1.807) is 37.1 Å². The van der Waals surface area contributed by atoms with Crippen LogP contribution in [0.3, 0.4) is 0 Å². The Morgan fingerprint density at radius 3 is 2.68 bits per heavy atom. The van der Waals surface area contributed by atoms with Crippen LogP contribution in [-0.2, 0) is 6.54 Å². The molecule has 184 valence electrons. The minimum absolute atomic E-state index is 0.0892. The minimum atomic E-state index is -0.424. The number of hydrogen-bond donors (Lipinski definition) is 4. The molecular formula is C23H33N7O3S. The van der Waals surface area contributed by atoms with E-state index in [9.17, 15) is 9.90 Å². The van der Waals surface area contributed by atoms with Gasteiger partial charge in [0, 0.05) is 17.5 Å². The van der Waals surface area contributed by atoms with E-state index in [1.807, 2.05) is 26.0 Å². The zero-order valence-electron chi connectivity index (χ0n) is 20.1. The molecule has 0 radical (unpaired) electrons. The number of nitrogens with one attached hydrogen (secondary N) is 1. The van der Waals surface area contributed by atoms with Crippen molar-refractivity contribution in [3.63, 3.8) is 0 Å². The molecule has 1 amide bonds. The molecule has 1 aliphatic heterocycles. The lowest BCUT2D eigenvalue weighted by Gasteiger charge is -2.25. The van der Waals surface area contributed by atoms with Crippen LogP contribution in [0.1, 0.15) is 56.2 Å². The summed E-state index contributed by atoms with van der Waals surface area (Å²) in [5, 5.41) is 17.2. The largest absolute Gasteiger partial charge is 0.490 e. The number of carbonyl (C=O) groups is 1. The van der Waals surface area contributed by atoms with Gasteiger partial charge in [-0.1, -0.05) is 6.07 Å². The molecular weight excluding hydrogens is 454 g/mol. The Labute approximate surface area is 204 Å². The minimum Gasteiger partial charge on any atom is -0.490 e. The molecule has 0 bridgehead atoms. The number of fused-ring (bicyclic) bond motifs is 1. The fourth-order valence-corrected chi connectivity index (χ4v) is 4.41. The first kappa shape index (κ1) is 25.8. The normalized spacial score (nSPS) is 14.9. The fourth-order valence-electron chi connectivity index (χ4n) is 3.33. The van der Waals surface area contributed by atoms with Crippen LogP contribution < -0.4 is 21.7 Å². The van der Waals surface area contributed by atoms with E-state index in [-0.39, 0.29) is 24.5 Å². The summed E-state index contributed by atoms with van der Waals surface area (Å²) in [4.78, 5) is 18.8. The zero-order chi connectivity index (χ0) is 25.0. The van der Waals surface area contributed by atoms with Crippen molar-refractivity contribution in [3.05, 3.63) is 47.2 Å². The van der Waals surface area contributed by atoms with Gasteiger partial charge in [0.1, 0.15) is 17.3 Å². The number of anilines is 1. The topological polar surface area (TPSA) is 142 Å². The predicted molar refractivity (Wildman–Crippen MR) is 134 cm³/mol. The fraction of sp³-hybridized carbons (Fsp3) is 0.435. The lowest BCUT2D eigenvalue weighted by molar-refractivity contribution is 0.102. The molecule has 6 N–H and O–H groups in total. The lowest BCUT2D eigenvalue weighted by atomic mass is 10.1. The number of aliphatic hydroxyl groups is 1. The van der Waals surface area contributed by atoms with Crippen LogP contribution in [-0.4, -0.2) is 55.9 Å². The third kappa shape index (κ3) is 5.79. The van der Waals surface area contributed by atoms with Gasteiger partial charge in [-0.25, -0.2) is 15.1 Å². The summed E-state index contributed by atoms with van der Waals surface area (Å²) in [6.45, 7) is 10.5. The molecule has 0 aliphatic carbocycles. The van der Waals surface area contributed by atoms with Gasteiger partial charge in [0.25, 0.3) is 5.91 Å². The average molecular weight is 488 g/mol. The Balaban J connectivity index is 1.89. The van der Waals surface area contributed by atoms with E-state index in [4.69, 9.17) is 16.4 Å². The maximum atomic E-state index is 13.3. The third-order valence-electron chi connectivity index (χ3n) is 5.21. The molecule has 10 nitrogen and oxygen atoms in total. The quantitative estimate of drug-likeness (QED) is 0.145. The number of pyridine rings is 1. The number of carbonyl (C=O) groups excluding carboxylic acids is 1. The second kappa shape index (κ2) is 11.0. The van der Waals surface area contributed by atoms with E-state index in [1.165, 1.54) is 5.01 Å². The Morgan fingerprint density at radius 1 is 1.32 bits per heavy atom. The van der Waals surface area contributed by atoms with Gasteiger partial charge >= 0.3 is 0 Å². The van der Waals surface area contributed by atoms with Gasteiger partial charge in [-0.2, -0.15) is 5.10 Å². The highest BCUT2D eigenvalue weighted by molar-refractivity contribution is 7.97. The van der Waals surface area contributed by atoms with Gasteiger partial charge in [-0.05, 0) is 76.4 Å². The number of aliphatic hydroxyl groups excluding tert-OH is 1. The first-order valence-electron chi connectivity index (χ1n) is 11.1. The Kier molecular flexibility index (Phi) is 8.37. The third-order valence-corrected chi connectivity index (χ3v) is 6.58. The number of hydrazone groups is 1.